The predicted molar refractivity (Wildman–Crippen MR) is 54.9 cm³/mol. The van der Waals surface area contributed by atoms with Crippen molar-refractivity contribution in [3.63, 3.8) is 0 Å². The van der Waals surface area contributed by atoms with E-state index in [9.17, 15) is 4.79 Å². The minimum atomic E-state index is -0.00819. The molecule has 1 saturated heterocycles. The first-order valence-corrected chi connectivity index (χ1v) is 5.24. The van der Waals surface area contributed by atoms with Crippen molar-refractivity contribution in [3.8, 4) is 0 Å². The number of ketones is 1. The minimum Gasteiger partial charge on any atom is -0.381 e. The fourth-order valence-corrected chi connectivity index (χ4v) is 1.85. The highest BCUT2D eigenvalue weighted by Gasteiger charge is 2.25. The highest BCUT2D eigenvalue weighted by Crippen LogP contribution is 2.22. The van der Waals surface area contributed by atoms with Crippen LogP contribution in [0.25, 0.3) is 0 Å². The molecule has 4 nitrogen and oxygen atoms in total. The molecule has 0 spiro atoms. The van der Waals surface area contributed by atoms with Crippen LogP contribution in [-0.4, -0.2) is 29.0 Å². The van der Waals surface area contributed by atoms with E-state index in [-0.39, 0.29) is 11.7 Å². The predicted octanol–water partition coefficient (Wildman–Crippen LogP) is 1.74. The van der Waals surface area contributed by atoms with Gasteiger partial charge in [0, 0.05) is 25.3 Å². The third-order valence-corrected chi connectivity index (χ3v) is 2.77. The monoisotopic (exact) mass is 226 g/mol. The Bertz CT molecular complexity index is 364. The van der Waals surface area contributed by atoms with Crippen LogP contribution in [0.2, 0.25) is 5.02 Å². The summed E-state index contributed by atoms with van der Waals surface area (Å²) >= 11 is 5.86. The first-order valence-electron chi connectivity index (χ1n) is 4.86. The molecule has 0 bridgehead atoms. The number of aromatic nitrogens is 2. The van der Waals surface area contributed by atoms with Crippen molar-refractivity contribution in [2.24, 2.45) is 5.92 Å². The Morgan fingerprint density at radius 3 is 2.87 bits per heavy atom. The van der Waals surface area contributed by atoms with Crippen LogP contribution in [0.4, 0.5) is 0 Å². The van der Waals surface area contributed by atoms with E-state index in [1.165, 1.54) is 12.5 Å². The number of nitrogens with zero attached hydrogens (tertiary/aromatic N) is 2. The van der Waals surface area contributed by atoms with E-state index in [4.69, 9.17) is 16.3 Å². The Labute approximate surface area is 92.6 Å². The van der Waals surface area contributed by atoms with Crippen LogP contribution in [0, 0.1) is 5.92 Å². The summed E-state index contributed by atoms with van der Waals surface area (Å²) < 4.78 is 5.20. The Balaban J connectivity index is 2.16. The SMILES string of the molecule is O=C(c1ncncc1Cl)C1CCOCC1. The third kappa shape index (κ3) is 2.33. The highest BCUT2D eigenvalue weighted by molar-refractivity contribution is 6.33. The van der Waals surface area contributed by atoms with Crippen molar-refractivity contribution in [1.82, 2.24) is 9.97 Å². The van der Waals surface area contributed by atoms with Crippen molar-refractivity contribution in [3.05, 3.63) is 23.2 Å². The number of carbonyl (C=O) groups is 1. The molecular weight excluding hydrogens is 216 g/mol. The van der Waals surface area contributed by atoms with Crippen LogP contribution >= 0.6 is 11.6 Å². The van der Waals surface area contributed by atoms with E-state index in [0.29, 0.717) is 23.9 Å². The molecule has 1 fully saturated rings. The number of rotatable bonds is 2. The first kappa shape index (κ1) is 10.5. The summed E-state index contributed by atoms with van der Waals surface area (Å²) in [7, 11) is 0. The smallest absolute Gasteiger partial charge is 0.186 e. The maximum absolute atomic E-state index is 12.0. The zero-order valence-corrected chi connectivity index (χ0v) is 8.91. The Morgan fingerprint density at radius 2 is 2.20 bits per heavy atom. The van der Waals surface area contributed by atoms with E-state index in [0.717, 1.165) is 12.8 Å². The summed E-state index contributed by atoms with van der Waals surface area (Å²) in [6, 6.07) is 0. The van der Waals surface area contributed by atoms with Gasteiger partial charge in [0.15, 0.2) is 5.78 Å². The Hall–Kier alpha value is -1.00. The first-order chi connectivity index (χ1) is 7.29. The van der Waals surface area contributed by atoms with Gasteiger partial charge in [0.05, 0.1) is 5.02 Å². The second-order valence-corrected chi connectivity index (χ2v) is 3.88. The number of halogens is 1. The van der Waals surface area contributed by atoms with Gasteiger partial charge in [0.1, 0.15) is 12.0 Å². The van der Waals surface area contributed by atoms with Crippen molar-refractivity contribution in [2.75, 3.05) is 13.2 Å². The van der Waals surface area contributed by atoms with Gasteiger partial charge in [-0.1, -0.05) is 11.6 Å². The average molecular weight is 227 g/mol. The summed E-state index contributed by atoms with van der Waals surface area (Å²) in [6.07, 6.45) is 4.29. The lowest BCUT2D eigenvalue weighted by Gasteiger charge is -2.20. The van der Waals surface area contributed by atoms with Gasteiger partial charge in [-0.25, -0.2) is 9.97 Å². The fraction of sp³-hybridized carbons (Fsp3) is 0.500. The lowest BCUT2D eigenvalue weighted by molar-refractivity contribution is 0.0541. The molecule has 2 rings (SSSR count). The van der Waals surface area contributed by atoms with Crippen LogP contribution in [0.15, 0.2) is 12.5 Å². The van der Waals surface area contributed by atoms with Gasteiger partial charge in [0.25, 0.3) is 0 Å². The number of Topliss-reactive ketones (excluding diaryl/α,β-unsaturated/α-hetero) is 1. The van der Waals surface area contributed by atoms with E-state index in [2.05, 4.69) is 9.97 Å². The molecule has 1 aromatic rings. The molecule has 0 aliphatic carbocycles. The maximum atomic E-state index is 12.0. The maximum Gasteiger partial charge on any atom is 0.186 e. The van der Waals surface area contributed by atoms with Crippen LogP contribution in [0.1, 0.15) is 23.3 Å². The largest absolute Gasteiger partial charge is 0.381 e. The molecule has 1 aliphatic rings. The highest BCUT2D eigenvalue weighted by atomic mass is 35.5. The zero-order valence-electron chi connectivity index (χ0n) is 8.15. The Kier molecular flexibility index (Phi) is 3.28. The van der Waals surface area contributed by atoms with Crippen LogP contribution in [0.3, 0.4) is 0 Å². The van der Waals surface area contributed by atoms with Crippen molar-refractivity contribution >= 4 is 17.4 Å². The van der Waals surface area contributed by atoms with E-state index < -0.39 is 0 Å². The molecular formula is C10H11ClN2O2. The number of hydrogen-bond acceptors (Lipinski definition) is 4. The molecule has 1 aliphatic heterocycles. The van der Waals surface area contributed by atoms with Gasteiger partial charge in [-0.15, -0.1) is 0 Å². The zero-order chi connectivity index (χ0) is 10.7. The van der Waals surface area contributed by atoms with Crippen LogP contribution < -0.4 is 0 Å². The topological polar surface area (TPSA) is 52.1 Å². The summed E-state index contributed by atoms with van der Waals surface area (Å²) in [5.41, 5.74) is 0.332. The van der Waals surface area contributed by atoms with Crippen molar-refractivity contribution in [1.29, 1.82) is 0 Å². The number of ether oxygens (including phenoxy) is 1. The third-order valence-electron chi connectivity index (χ3n) is 2.49. The summed E-state index contributed by atoms with van der Waals surface area (Å²) in [4.78, 5) is 19.7. The van der Waals surface area contributed by atoms with Gasteiger partial charge in [-0.05, 0) is 12.8 Å². The van der Waals surface area contributed by atoms with Gasteiger partial charge >= 0.3 is 0 Å². The lowest BCUT2D eigenvalue weighted by atomic mass is 9.93. The van der Waals surface area contributed by atoms with Crippen LogP contribution in [-0.2, 0) is 4.74 Å². The molecule has 1 aromatic heterocycles. The molecule has 0 saturated carbocycles. The minimum absolute atomic E-state index is 0.00528. The van der Waals surface area contributed by atoms with Crippen LogP contribution in [0.5, 0.6) is 0 Å². The summed E-state index contributed by atoms with van der Waals surface area (Å²) in [6.45, 7) is 1.28. The lowest BCUT2D eigenvalue weighted by Crippen LogP contribution is -2.24. The van der Waals surface area contributed by atoms with Gasteiger partial charge in [-0.3, -0.25) is 4.79 Å². The molecule has 0 atom stereocenters. The molecule has 80 valence electrons. The summed E-state index contributed by atoms with van der Waals surface area (Å²) in [5.74, 6) is -0.00292. The molecule has 15 heavy (non-hydrogen) atoms. The van der Waals surface area contributed by atoms with Crippen molar-refractivity contribution in [2.45, 2.75) is 12.8 Å². The fourth-order valence-electron chi connectivity index (χ4n) is 1.65. The second-order valence-electron chi connectivity index (χ2n) is 3.47. The van der Waals surface area contributed by atoms with E-state index in [1.807, 2.05) is 0 Å². The Morgan fingerprint density at radius 1 is 1.47 bits per heavy atom. The molecule has 0 radical (unpaired) electrons. The van der Waals surface area contributed by atoms with Gasteiger partial charge in [-0.2, -0.15) is 0 Å². The molecule has 0 aromatic carbocycles. The van der Waals surface area contributed by atoms with Gasteiger partial charge < -0.3 is 4.74 Å². The molecule has 0 amide bonds. The number of carbonyl (C=O) groups excluding carboxylic acids is 1. The van der Waals surface area contributed by atoms with Gasteiger partial charge in [0.2, 0.25) is 0 Å². The average Bonchev–Trinajstić information content (AvgIpc) is 2.30. The molecule has 2 heterocycles. The number of hydrogen-bond donors (Lipinski definition) is 0. The quantitative estimate of drug-likeness (QED) is 0.721. The molecule has 0 unspecified atom stereocenters. The second kappa shape index (κ2) is 4.68. The van der Waals surface area contributed by atoms with E-state index >= 15 is 0 Å². The normalized spacial score (nSPS) is 17.7. The standard InChI is InChI=1S/C10H11ClN2O2/c11-8-5-12-6-13-9(8)10(14)7-1-3-15-4-2-7/h5-7H,1-4H2. The molecule has 0 N–H and O–H groups in total. The molecule has 5 heteroatoms. The van der Waals surface area contributed by atoms with Crippen molar-refractivity contribution < 1.29 is 9.53 Å². The summed E-state index contributed by atoms with van der Waals surface area (Å²) in [5, 5.41) is 0.328. The van der Waals surface area contributed by atoms with E-state index in [1.54, 1.807) is 0 Å².